The Balaban J connectivity index is 1.91. The third kappa shape index (κ3) is 2.66. The summed E-state index contributed by atoms with van der Waals surface area (Å²) in [6.45, 7) is 1.32. The second-order valence-corrected chi connectivity index (χ2v) is 5.45. The van der Waals surface area contributed by atoms with Crippen molar-refractivity contribution in [3.8, 4) is 5.75 Å². The zero-order valence-corrected chi connectivity index (χ0v) is 12.1. The highest BCUT2D eigenvalue weighted by molar-refractivity contribution is 5.85. The van der Waals surface area contributed by atoms with Gasteiger partial charge in [0, 0.05) is 31.0 Å². The number of pyridine rings is 1. The number of para-hydroxylation sites is 1. The molecule has 0 aliphatic carbocycles. The van der Waals surface area contributed by atoms with E-state index in [0.29, 0.717) is 6.54 Å². The Morgan fingerprint density at radius 3 is 2.90 bits per heavy atom. The fourth-order valence-corrected chi connectivity index (χ4v) is 2.85. The average molecular weight is 288 g/mol. The summed E-state index contributed by atoms with van der Waals surface area (Å²) in [4.78, 5) is 6.74. The number of methoxy groups -OCH3 is 1. The topological polar surface area (TPSA) is 65.8 Å². The minimum atomic E-state index is -0.515. The van der Waals surface area contributed by atoms with Gasteiger partial charge in [0.25, 0.3) is 0 Å². The van der Waals surface area contributed by atoms with Crippen LogP contribution in [0.5, 0.6) is 5.75 Å². The van der Waals surface area contributed by atoms with E-state index >= 15 is 0 Å². The number of hydrogen-bond donors (Lipinski definition) is 2. The second kappa shape index (κ2) is 5.87. The molecule has 0 spiro atoms. The molecular weight excluding hydrogens is 268 g/mol. The van der Waals surface area contributed by atoms with Gasteiger partial charge in [-0.25, -0.2) is 4.98 Å². The minimum Gasteiger partial charge on any atom is -0.494 e. The van der Waals surface area contributed by atoms with Crippen molar-refractivity contribution < 1.29 is 14.9 Å². The molecule has 2 atom stereocenters. The van der Waals surface area contributed by atoms with Crippen LogP contribution >= 0.6 is 0 Å². The fraction of sp³-hybridized carbons (Fsp3) is 0.438. The van der Waals surface area contributed by atoms with E-state index in [2.05, 4.69) is 9.88 Å². The number of hydrogen-bond acceptors (Lipinski definition) is 5. The molecule has 1 fully saturated rings. The maximum Gasteiger partial charge on any atom is 0.145 e. The molecule has 0 bridgehead atoms. The molecule has 1 aromatic heterocycles. The van der Waals surface area contributed by atoms with Crippen LogP contribution in [0.25, 0.3) is 10.9 Å². The van der Waals surface area contributed by atoms with Gasteiger partial charge < -0.3 is 19.8 Å². The standard InChI is InChI=1S/C16H20N2O3/c1-21-14-4-2-3-11-5-6-15(17-16(11)14)18-8-7-12(10-19)13(20)9-18/h2-6,12-13,19-20H,7-10H2,1H3/t12-,13+/m0/s1. The van der Waals surface area contributed by atoms with Gasteiger partial charge in [-0.3, -0.25) is 0 Å². The van der Waals surface area contributed by atoms with E-state index in [1.807, 2.05) is 30.3 Å². The van der Waals surface area contributed by atoms with Crippen molar-refractivity contribution in [3.63, 3.8) is 0 Å². The summed E-state index contributed by atoms with van der Waals surface area (Å²) in [5, 5.41) is 20.3. The van der Waals surface area contributed by atoms with Crippen LogP contribution in [0.4, 0.5) is 5.82 Å². The Labute approximate surface area is 123 Å². The van der Waals surface area contributed by atoms with Crippen molar-refractivity contribution >= 4 is 16.7 Å². The van der Waals surface area contributed by atoms with Crippen molar-refractivity contribution in [2.45, 2.75) is 12.5 Å². The molecule has 5 nitrogen and oxygen atoms in total. The molecule has 0 amide bonds. The second-order valence-electron chi connectivity index (χ2n) is 5.45. The quantitative estimate of drug-likeness (QED) is 0.894. The van der Waals surface area contributed by atoms with Crippen LogP contribution in [0.2, 0.25) is 0 Å². The lowest BCUT2D eigenvalue weighted by Crippen LogP contribution is -2.45. The van der Waals surface area contributed by atoms with E-state index in [1.54, 1.807) is 7.11 Å². The number of piperidine rings is 1. The maximum atomic E-state index is 10.1. The van der Waals surface area contributed by atoms with Crippen LogP contribution in [0.15, 0.2) is 30.3 Å². The van der Waals surface area contributed by atoms with Crippen molar-refractivity contribution in [1.82, 2.24) is 4.98 Å². The molecule has 2 aromatic rings. The highest BCUT2D eigenvalue weighted by Crippen LogP contribution is 2.28. The summed E-state index contributed by atoms with van der Waals surface area (Å²) >= 11 is 0. The van der Waals surface area contributed by atoms with Gasteiger partial charge in [0.15, 0.2) is 0 Å². The molecule has 21 heavy (non-hydrogen) atoms. The normalized spacial score (nSPS) is 22.5. The van der Waals surface area contributed by atoms with Crippen molar-refractivity contribution in [3.05, 3.63) is 30.3 Å². The molecule has 0 saturated carbocycles. The summed E-state index contributed by atoms with van der Waals surface area (Å²) in [7, 11) is 1.64. The van der Waals surface area contributed by atoms with Gasteiger partial charge in [-0.15, -0.1) is 0 Å². The van der Waals surface area contributed by atoms with Crippen molar-refractivity contribution in [1.29, 1.82) is 0 Å². The SMILES string of the molecule is COc1cccc2ccc(N3CC[C@@H](CO)[C@H](O)C3)nc12. The molecule has 0 unspecified atom stereocenters. The molecule has 1 aliphatic rings. The minimum absolute atomic E-state index is 0.0313. The van der Waals surface area contributed by atoms with Crippen LogP contribution in [-0.2, 0) is 0 Å². The molecule has 0 radical (unpaired) electrons. The van der Waals surface area contributed by atoms with Crippen LogP contribution in [0.1, 0.15) is 6.42 Å². The predicted octanol–water partition coefficient (Wildman–Crippen LogP) is 1.42. The molecule has 3 rings (SSSR count). The Bertz CT molecular complexity index is 632. The lowest BCUT2D eigenvalue weighted by Gasteiger charge is -2.35. The van der Waals surface area contributed by atoms with Crippen LogP contribution in [-0.4, -0.2) is 48.1 Å². The van der Waals surface area contributed by atoms with Gasteiger partial charge in [-0.1, -0.05) is 12.1 Å². The number of benzene rings is 1. The van der Waals surface area contributed by atoms with Crippen molar-refractivity contribution in [2.24, 2.45) is 5.92 Å². The maximum absolute atomic E-state index is 10.1. The molecule has 2 N–H and O–H groups in total. The van der Waals surface area contributed by atoms with Crippen LogP contribution < -0.4 is 9.64 Å². The summed E-state index contributed by atoms with van der Waals surface area (Å²) in [6, 6.07) is 9.82. The highest BCUT2D eigenvalue weighted by atomic mass is 16.5. The van der Waals surface area contributed by atoms with Gasteiger partial charge in [0.1, 0.15) is 17.1 Å². The summed E-state index contributed by atoms with van der Waals surface area (Å²) in [5.74, 6) is 1.55. The number of fused-ring (bicyclic) bond motifs is 1. The average Bonchev–Trinajstić information content (AvgIpc) is 2.53. The molecular formula is C16H20N2O3. The van der Waals surface area contributed by atoms with Gasteiger partial charge in [-0.05, 0) is 24.6 Å². The zero-order valence-electron chi connectivity index (χ0n) is 12.1. The summed E-state index contributed by atoms with van der Waals surface area (Å²) in [5.41, 5.74) is 0.830. The molecule has 5 heteroatoms. The van der Waals surface area contributed by atoms with Crippen molar-refractivity contribution in [2.75, 3.05) is 31.7 Å². The van der Waals surface area contributed by atoms with E-state index in [1.165, 1.54) is 0 Å². The smallest absolute Gasteiger partial charge is 0.145 e. The number of ether oxygens (including phenoxy) is 1. The first-order valence-electron chi connectivity index (χ1n) is 7.20. The molecule has 1 saturated heterocycles. The number of nitrogens with zero attached hydrogens (tertiary/aromatic N) is 2. The lowest BCUT2D eigenvalue weighted by atomic mass is 9.95. The third-order valence-corrected chi connectivity index (χ3v) is 4.17. The van der Waals surface area contributed by atoms with E-state index < -0.39 is 6.10 Å². The first kappa shape index (κ1) is 14.1. The number of anilines is 1. The summed E-state index contributed by atoms with van der Waals surface area (Å²) < 4.78 is 5.36. The van der Waals surface area contributed by atoms with Gasteiger partial charge >= 0.3 is 0 Å². The van der Waals surface area contributed by atoms with Crippen LogP contribution in [0, 0.1) is 5.92 Å². The molecule has 112 valence electrons. The van der Waals surface area contributed by atoms with Gasteiger partial charge in [0.05, 0.1) is 13.2 Å². The molecule has 1 aromatic carbocycles. The Hall–Kier alpha value is -1.85. The van der Waals surface area contributed by atoms with Gasteiger partial charge in [0.2, 0.25) is 0 Å². The summed E-state index contributed by atoms with van der Waals surface area (Å²) in [6.07, 6.45) is 0.252. The third-order valence-electron chi connectivity index (χ3n) is 4.17. The Morgan fingerprint density at radius 2 is 2.19 bits per heavy atom. The number of aliphatic hydroxyl groups is 2. The predicted molar refractivity (Wildman–Crippen MR) is 81.7 cm³/mol. The number of rotatable bonds is 3. The Morgan fingerprint density at radius 1 is 1.33 bits per heavy atom. The Kier molecular flexibility index (Phi) is 3.94. The van der Waals surface area contributed by atoms with E-state index in [9.17, 15) is 10.2 Å². The zero-order chi connectivity index (χ0) is 14.8. The van der Waals surface area contributed by atoms with E-state index in [-0.39, 0.29) is 12.5 Å². The first-order chi connectivity index (χ1) is 10.2. The number of aromatic nitrogens is 1. The van der Waals surface area contributed by atoms with Crippen LogP contribution in [0.3, 0.4) is 0 Å². The fourth-order valence-electron chi connectivity index (χ4n) is 2.85. The van der Waals surface area contributed by atoms with E-state index in [4.69, 9.17) is 4.74 Å². The first-order valence-corrected chi connectivity index (χ1v) is 7.20. The largest absolute Gasteiger partial charge is 0.494 e. The number of aliphatic hydroxyl groups excluding tert-OH is 2. The lowest BCUT2D eigenvalue weighted by molar-refractivity contribution is 0.0546. The monoisotopic (exact) mass is 288 g/mol. The van der Waals surface area contributed by atoms with E-state index in [0.717, 1.165) is 35.4 Å². The molecule has 2 heterocycles. The number of β-amino-alcohol motifs (C(OH)–C–C–N with tert-alkyl or cyclic N) is 1. The molecule has 1 aliphatic heterocycles. The van der Waals surface area contributed by atoms with Gasteiger partial charge in [-0.2, -0.15) is 0 Å². The highest BCUT2D eigenvalue weighted by Gasteiger charge is 2.27.